The molecule has 2 heteroatoms. The Morgan fingerprint density at radius 2 is 1.78 bits per heavy atom. The SMILES string of the molecule is CCCNC(c1sccc1C)C(CCC)CCC. The van der Waals surface area contributed by atoms with E-state index in [1.165, 1.54) is 37.7 Å². The minimum atomic E-state index is 0.574. The van der Waals surface area contributed by atoms with Gasteiger partial charge in [-0.15, -0.1) is 11.3 Å². The van der Waals surface area contributed by atoms with E-state index in [2.05, 4.69) is 44.5 Å². The molecule has 0 aliphatic rings. The van der Waals surface area contributed by atoms with Gasteiger partial charge < -0.3 is 5.32 Å². The lowest BCUT2D eigenvalue weighted by atomic mass is 9.88. The summed E-state index contributed by atoms with van der Waals surface area (Å²) in [6.07, 6.45) is 6.48. The highest BCUT2D eigenvalue weighted by atomic mass is 32.1. The number of hydrogen-bond acceptors (Lipinski definition) is 2. The van der Waals surface area contributed by atoms with E-state index in [0.717, 1.165) is 12.5 Å². The van der Waals surface area contributed by atoms with Crippen molar-refractivity contribution in [1.82, 2.24) is 5.32 Å². The van der Waals surface area contributed by atoms with Gasteiger partial charge in [0.15, 0.2) is 0 Å². The summed E-state index contributed by atoms with van der Waals surface area (Å²) in [4.78, 5) is 1.57. The molecule has 0 radical (unpaired) electrons. The molecule has 0 saturated heterocycles. The second kappa shape index (κ2) is 8.71. The predicted octanol–water partition coefficient (Wildman–Crippen LogP) is 5.31. The van der Waals surface area contributed by atoms with Gasteiger partial charge >= 0.3 is 0 Å². The number of thiophene rings is 1. The van der Waals surface area contributed by atoms with Crippen LogP contribution in [0.15, 0.2) is 11.4 Å². The Balaban J connectivity index is 2.84. The van der Waals surface area contributed by atoms with Gasteiger partial charge in [0.05, 0.1) is 0 Å². The minimum absolute atomic E-state index is 0.574. The zero-order valence-electron chi connectivity index (χ0n) is 12.5. The molecule has 0 aromatic carbocycles. The first-order valence-electron chi connectivity index (χ1n) is 7.51. The maximum absolute atomic E-state index is 3.79. The molecule has 1 aromatic heterocycles. The van der Waals surface area contributed by atoms with Crippen LogP contribution in [-0.2, 0) is 0 Å². The first-order valence-corrected chi connectivity index (χ1v) is 8.39. The van der Waals surface area contributed by atoms with Crippen LogP contribution in [0.4, 0.5) is 0 Å². The van der Waals surface area contributed by atoms with Crippen molar-refractivity contribution in [3.63, 3.8) is 0 Å². The first kappa shape index (κ1) is 15.7. The molecule has 0 aliphatic carbocycles. The maximum Gasteiger partial charge on any atom is 0.0446 e. The van der Waals surface area contributed by atoms with Gasteiger partial charge in [-0.2, -0.15) is 0 Å². The molecular weight excluding hydrogens is 238 g/mol. The maximum atomic E-state index is 3.79. The highest BCUT2D eigenvalue weighted by molar-refractivity contribution is 7.10. The van der Waals surface area contributed by atoms with Crippen LogP contribution in [0.25, 0.3) is 0 Å². The number of rotatable bonds is 9. The molecule has 0 bridgehead atoms. The third-order valence-electron chi connectivity index (χ3n) is 3.59. The van der Waals surface area contributed by atoms with E-state index in [-0.39, 0.29) is 0 Å². The van der Waals surface area contributed by atoms with Crippen LogP contribution < -0.4 is 5.32 Å². The summed E-state index contributed by atoms with van der Waals surface area (Å²) in [5.41, 5.74) is 1.46. The largest absolute Gasteiger partial charge is 0.309 e. The Morgan fingerprint density at radius 3 is 2.22 bits per heavy atom. The summed E-state index contributed by atoms with van der Waals surface area (Å²) in [5.74, 6) is 0.795. The van der Waals surface area contributed by atoms with Crippen LogP contribution in [0, 0.1) is 12.8 Å². The zero-order valence-corrected chi connectivity index (χ0v) is 13.3. The van der Waals surface area contributed by atoms with Crippen molar-refractivity contribution in [2.24, 2.45) is 5.92 Å². The van der Waals surface area contributed by atoms with Gasteiger partial charge in [0.25, 0.3) is 0 Å². The second-order valence-corrected chi connectivity index (χ2v) is 6.18. The summed E-state index contributed by atoms with van der Waals surface area (Å²) in [5, 5.41) is 6.03. The van der Waals surface area contributed by atoms with Crippen LogP contribution in [0.3, 0.4) is 0 Å². The molecule has 1 heterocycles. The molecule has 0 spiro atoms. The van der Waals surface area contributed by atoms with Crippen molar-refractivity contribution in [2.45, 2.75) is 65.8 Å². The lowest BCUT2D eigenvalue weighted by Gasteiger charge is -2.28. The molecule has 1 nitrogen and oxygen atoms in total. The van der Waals surface area contributed by atoms with Gasteiger partial charge in [0.1, 0.15) is 0 Å². The summed E-state index contributed by atoms with van der Waals surface area (Å²) >= 11 is 1.93. The Morgan fingerprint density at radius 1 is 1.11 bits per heavy atom. The predicted molar refractivity (Wildman–Crippen MR) is 83.4 cm³/mol. The van der Waals surface area contributed by atoms with Crippen LogP contribution in [0.1, 0.15) is 69.4 Å². The van der Waals surface area contributed by atoms with Crippen LogP contribution >= 0.6 is 11.3 Å². The van der Waals surface area contributed by atoms with Crippen molar-refractivity contribution in [2.75, 3.05) is 6.54 Å². The highest BCUT2D eigenvalue weighted by Crippen LogP contribution is 2.34. The standard InChI is InChI=1S/C16H29NS/c1-5-8-14(9-6-2)15(17-11-7-3)16-13(4)10-12-18-16/h10,12,14-15,17H,5-9,11H2,1-4H3. The molecule has 104 valence electrons. The minimum Gasteiger partial charge on any atom is -0.309 e. The van der Waals surface area contributed by atoms with Crippen molar-refractivity contribution >= 4 is 11.3 Å². The molecule has 1 N–H and O–H groups in total. The number of nitrogens with one attached hydrogen (secondary N) is 1. The molecule has 1 unspecified atom stereocenters. The van der Waals surface area contributed by atoms with E-state index >= 15 is 0 Å². The Labute approximate surface area is 117 Å². The third kappa shape index (κ3) is 4.40. The first-order chi connectivity index (χ1) is 8.74. The number of hydrogen-bond donors (Lipinski definition) is 1. The summed E-state index contributed by atoms with van der Waals surface area (Å²) in [7, 11) is 0. The molecule has 0 amide bonds. The van der Waals surface area contributed by atoms with Crippen molar-refractivity contribution in [3.8, 4) is 0 Å². The fourth-order valence-electron chi connectivity index (χ4n) is 2.70. The topological polar surface area (TPSA) is 12.0 Å². The summed E-state index contributed by atoms with van der Waals surface area (Å²) in [6.45, 7) is 10.2. The molecule has 1 aromatic rings. The van der Waals surface area contributed by atoms with Gasteiger partial charge in [-0.3, -0.25) is 0 Å². The fraction of sp³-hybridized carbons (Fsp3) is 0.750. The monoisotopic (exact) mass is 267 g/mol. The molecule has 18 heavy (non-hydrogen) atoms. The van der Waals surface area contributed by atoms with Gasteiger partial charge in [0.2, 0.25) is 0 Å². The van der Waals surface area contributed by atoms with Crippen LogP contribution in [0.5, 0.6) is 0 Å². The molecule has 0 saturated carbocycles. The van der Waals surface area contributed by atoms with E-state index in [9.17, 15) is 0 Å². The van der Waals surface area contributed by atoms with Gasteiger partial charge in [-0.1, -0.05) is 33.6 Å². The molecule has 0 fully saturated rings. The van der Waals surface area contributed by atoms with Gasteiger partial charge in [-0.25, -0.2) is 0 Å². The molecule has 1 rings (SSSR count). The normalized spacial score (nSPS) is 13.2. The average molecular weight is 267 g/mol. The Hall–Kier alpha value is -0.340. The van der Waals surface area contributed by atoms with Crippen LogP contribution in [-0.4, -0.2) is 6.54 Å². The van der Waals surface area contributed by atoms with Crippen LogP contribution in [0.2, 0.25) is 0 Å². The summed E-state index contributed by atoms with van der Waals surface area (Å²) in [6, 6.07) is 2.83. The van der Waals surface area contributed by atoms with E-state index < -0.39 is 0 Å². The van der Waals surface area contributed by atoms with Crippen molar-refractivity contribution < 1.29 is 0 Å². The van der Waals surface area contributed by atoms with E-state index in [1.807, 2.05) is 11.3 Å². The zero-order chi connectivity index (χ0) is 13.4. The smallest absolute Gasteiger partial charge is 0.0446 e. The molecular formula is C16H29NS. The lowest BCUT2D eigenvalue weighted by Crippen LogP contribution is -2.29. The third-order valence-corrected chi connectivity index (χ3v) is 4.69. The quantitative estimate of drug-likeness (QED) is 0.639. The van der Waals surface area contributed by atoms with E-state index in [0.29, 0.717) is 6.04 Å². The van der Waals surface area contributed by atoms with E-state index in [4.69, 9.17) is 0 Å². The van der Waals surface area contributed by atoms with E-state index in [1.54, 1.807) is 4.88 Å². The highest BCUT2D eigenvalue weighted by Gasteiger charge is 2.23. The van der Waals surface area contributed by atoms with Gasteiger partial charge in [0, 0.05) is 10.9 Å². The van der Waals surface area contributed by atoms with Crippen molar-refractivity contribution in [1.29, 1.82) is 0 Å². The second-order valence-electron chi connectivity index (χ2n) is 5.24. The van der Waals surface area contributed by atoms with Gasteiger partial charge in [-0.05, 0) is 55.7 Å². The van der Waals surface area contributed by atoms with Crippen molar-refractivity contribution in [3.05, 3.63) is 21.9 Å². The Kier molecular flexibility index (Phi) is 7.60. The lowest BCUT2D eigenvalue weighted by molar-refractivity contribution is 0.319. The number of aryl methyl sites for hydroxylation is 1. The summed E-state index contributed by atoms with van der Waals surface area (Å²) < 4.78 is 0. The molecule has 0 aliphatic heterocycles. The average Bonchev–Trinajstić information content (AvgIpc) is 2.77. The molecule has 1 atom stereocenters. The Bertz CT molecular complexity index is 313. The fourth-order valence-corrected chi connectivity index (χ4v) is 3.79.